The van der Waals surface area contributed by atoms with Crippen molar-refractivity contribution in [2.75, 3.05) is 26.2 Å². The van der Waals surface area contributed by atoms with E-state index in [1.165, 1.54) is 17.7 Å². The standard InChI is InChI=1S/C17H29N3O2S/c1-13-6-9-20(10-7-13)15(16-4-3-11-23-16)12-19-17(22)18-8-5-14(2)21/h3-4,11,13-15,21H,5-10,12H2,1-2H3,(H2,18,19,22). The van der Waals surface area contributed by atoms with Gasteiger partial charge in [-0.15, -0.1) is 11.3 Å². The minimum absolute atomic E-state index is 0.155. The second-order valence-electron chi connectivity index (χ2n) is 6.52. The summed E-state index contributed by atoms with van der Waals surface area (Å²) in [6, 6.07) is 4.32. The molecule has 1 aliphatic rings. The van der Waals surface area contributed by atoms with Crippen LogP contribution in [0.1, 0.15) is 44.0 Å². The molecular formula is C17H29N3O2S. The minimum Gasteiger partial charge on any atom is -0.393 e. The summed E-state index contributed by atoms with van der Waals surface area (Å²) in [5, 5.41) is 17.1. The van der Waals surface area contributed by atoms with Gasteiger partial charge in [0.05, 0.1) is 12.1 Å². The summed E-state index contributed by atoms with van der Waals surface area (Å²) in [4.78, 5) is 15.7. The van der Waals surface area contributed by atoms with Crippen LogP contribution in [0.5, 0.6) is 0 Å². The molecule has 0 saturated carbocycles. The lowest BCUT2D eigenvalue weighted by molar-refractivity contribution is 0.138. The fourth-order valence-electron chi connectivity index (χ4n) is 2.88. The highest BCUT2D eigenvalue weighted by atomic mass is 32.1. The van der Waals surface area contributed by atoms with E-state index in [0.717, 1.165) is 19.0 Å². The van der Waals surface area contributed by atoms with Crippen LogP contribution in [0.25, 0.3) is 0 Å². The van der Waals surface area contributed by atoms with E-state index in [0.29, 0.717) is 19.5 Å². The van der Waals surface area contributed by atoms with Gasteiger partial charge in [0.25, 0.3) is 0 Å². The molecule has 5 nitrogen and oxygen atoms in total. The molecule has 0 spiro atoms. The van der Waals surface area contributed by atoms with E-state index in [4.69, 9.17) is 0 Å². The summed E-state index contributed by atoms with van der Waals surface area (Å²) in [5.74, 6) is 0.798. The second-order valence-corrected chi connectivity index (χ2v) is 7.50. The highest BCUT2D eigenvalue weighted by Gasteiger charge is 2.25. The Hall–Kier alpha value is -1.11. The average molecular weight is 340 g/mol. The molecule has 0 radical (unpaired) electrons. The molecule has 2 atom stereocenters. The van der Waals surface area contributed by atoms with E-state index in [1.807, 2.05) is 0 Å². The number of hydrogen-bond acceptors (Lipinski definition) is 4. The number of carbonyl (C=O) groups excluding carboxylic acids is 1. The molecule has 2 unspecified atom stereocenters. The van der Waals surface area contributed by atoms with Crippen molar-refractivity contribution < 1.29 is 9.90 Å². The molecule has 0 bridgehead atoms. The monoisotopic (exact) mass is 339 g/mol. The minimum atomic E-state index is -0.385. The van der Waals surface area contributed by atoms with Crippen molar-refractivity contribution in [1.82, 2.24) is 15.5 Å². The lowest BCUT2D eigenvalue weighted by Crippen LogP contribution is -2.44. The molecule has 3 N–H and O–H groups in total. The first-order valence-corrected chi connectivity index (χ1v) is 9.41. The largest absolute Gasteiger partial charge is 0.393 e. The maximum absolute atomic E-state index is 11.9. The molecule has 6 heteroatoms. The number of likely N-dealkylation sites (tertiary alicyclic amines) is 1. The molecule has 130 valence electrons. The van der Waals surface area contributed by atoms with Gasteiger partial charge in [-0.25, -0.2) is 4.79 Å². The maximum Gasteiger partial charge on any atom is 0.314 e. The molecule has 1 fully saturated rings. The van der Waals surface area contributed by atoms with Crippen LogP contribution in [0.15, 0.2) is 17.5 Å². The second kappa shape index (κ2) is 9.25. The number of rotatable bonds is 7. The van der Waals surface area contributed by atoms with Gasteiger partial charge in [-0.05, 0) is 56.6 Å². The van der Waals surface area contributed by atoms with Gasteiger partial charge in [0.1, 0.15) is 0 Å². The summed E-state index contributed by atoms with van der Waals surface area (Å²) in [6.45, 7) is 7.34. The SMILES string of the molecule is CC(O)CCNC(=O)NCC(c1cccs1)N1CCC(C)CC1. The lowest BCUT2D eigenvalue weighted by Gasteiger charge is -2.36. The Kier molecular flexibility index (Phi) is 7.33. The Bertz CT molecular complexity index is 456. The maximum atomic E-state index is 11.9. The third kappa shape index (κ3) is 6.12. The van der Waals surface area contributed by atoms with Crippen LogP contribution < -0.4 is 10.6 Å². The third-order valence-electron chi connectivity index (χ3n) is 4.43. The van der Waals surface area contributed by atoms with Gasteiger partial charge < -0.3 is 15.7 Å². The van der Waals surface area contributed by atoms with Gasteiger partial charge in [0, 0.05) is 18.0 Å². The Morgan fingerprint density at radius 1 is 1.43 bits per heavy atom. The van der Waals surface area contributed by atoms with Crippen molar-refractivity contribution in [2.45, 2.75) is 45.3 Å². The molecule has 23 heavy (non-hydrogen) atoms. The van der Waals surface area contributed by atoms with Crippen molar-refractivity contribution in [2.24, 2.45) is 5.92 Å². The normalized spacial score (nSPS) is 19.3. The number of hydrogen-bond donors (Lipinski definition) is 3. The molecule has 2 rings (SSSR count). The Balaban J connectivity index is 1.85. The first kappa shape index (κ1) is 18.2. The van der Waals surface area contributed by atoms with Gasteiger partial charge in [0.2, 0.25) is 0 Å². The number of nitrogens with zero attached hydrogens (tertiary/aromatic N) is 1. The zero-order valence-corrected chi connectivity index (χ0v) is 14.9. The molecular weight excluding hydrogens is 310 g/mol. The van der Waals surface area contributed by atoms with Crippen molar-refractivity contribution in [3.8, 4) is 0 Å². The summed E-state index contributed by atoms with van der Waals surface area (Å²) >= 11 is 1.75. The van der Waals surface area contributed by atoms with Crippen molar-refractivity contribution in [3.05, 3.63) is 22.4 Å². The molecule has 0 aromatic carbocycles. The third-order valence-corrected chi connectivity index (χ3v) is 5.41. The van der Waals surface area contributed by atoms with Gasteiger partial charge in [-0.1, -0.05) is 13.0 Å². The van der Waals surface area contributed by atoms with Crippen LogP contribution in [0.3, 0.4) is 0 Å². The number of aliphatic hydroxyl groups excluding tert-OH is 1. The molecule has 1 aromatic rings. The number of thiophene rings is 1. The predicted molar refractivity (Wildman–Crippen MR) is 94.7 cm³/mol. The van der Waals surface area contributed by atoms with Crippen molar-refractivity contribution >= 4 is 17.4 Å². The van der Waals surface area contributed by atoms with Crippen LogP contribution in [0.2, 0.25) is 0 Å². The van der Waals surface area contributed by atoms with E-state index in [-0.39, 0.29) is 18.2 Å². The molecule has 2 amide bonds. The Morgan fingerprint density at radius 3 is 2.78 bits per heavy atom. The first-order valence-electron chi connectivity index (χ1n) is 8.53. The molecule has 1 aromatic heterocycles. The van der Waals surface area contributed by atoms with Crippen LogP contribution in [0.4, 0.5) is 4.79 Å². The van der Waals surface area contributed by atoms with Gasteiger partial charge in [-0.3, -0.25) is 4.90 Å². The van der Waals surface area contributed by atoms with Gasteiger partial charge in [-0.2, -0.15) is 0 Å². The van der Waals surface area contributed by atoms with Crippen molar-refractivity contribution in [1.29, 1.82) is 0 Å². The van der Waals surface area contributed by atoms with Crippen LogP contribution in [-0.4, -0.2) is 48.3 Å². The van der Waals surface area contributed by atoms with Crippen LogP contribution >= 0.6 is 11.3 Å². The first-order chi connectivity index (χ1) is 11.1. The summed E-state index contributed by atoms with van der Waals surface area (Å²) in [5.41, 5.74) is 0. The fourth-order valence-corrected chi connectivity index (χ4v) is 3.74. The fraction of sp³-hybridized carbons (Fsp3) is 0.706. The van der Waals surface area contributed by atoms with Crippen molar-refractivity contribution in [3.63, 3.8) is 0 Å². The van der Waals surface area contributed by atoms with Gasteiger partial charge >= 0.3 is 6.03 Å². The Labute approximate surface area is 143 Å². The smallest absolute Gasteiger partial charge is 0.314 e. The van der Waals surface area contributed by atoms with E-state index < -0.39 is 0 Å². The highest BCUT2D eigenvalue weighted by Crippen LogP contribution is 2.28. The zero-order chi connectivity index (χ0) is 16.7. The number of amides is 2. The number of carbonyl (C=O) groups is 1. The quantitative estimate of drug-likeness (QED) is 0.715. The highest BCUT2D eigenvalue weighted by molar-refractivity contribution is 7.10. The van der Waals surface area contributed by atoms with E-state index >= 15 is 0 Å². The predicted octanol–water partition coefficient (Wildman–Crippen LogP) is 2.59. The van der Waals surface area contributed by atoms with E-state index in [9.17, 15) is 9.90 Å². The van der Waals surface area contributed by atoms with E-state index in [2.05, 4.69) is 40.0 Å². The molecule has 2 heterocycles. The van der Waals surface area contributed by atoms with Gasteiger partial charge in [0.15, 0.2) is 0 Å². The molecule has 1 aliphatic heterocycles. The Morgan fingerprint density at radius 2 is 2.17 bits per heavy atom. The topological polar surface area (TPSA) is 64.6 Å². The zero-order valence-electron chi connectivity index (χ0n) is 14.1. The average Bonchev–Trinajstić information content (AvgIpc) is 3.03. The molecule has 1 saturated heterocycles. The molecule has 0 aliphatic carbocycles. The summed E-state index contributed by atoms with van der Waals surface area (Å²) in [6.07, 6.45) is 2.64. The number of nitrogens with one attached hydrogen (secondary N) is 2. The summed E-state index contributed by atoms with van der Waals surface area (Å²) < 4.78 is 0. The van der Waals surface area contributed by atoms with Crippen LogP contribution in [-0.2, 0) is 0 Å². The number of piperidine rings is 1. The number of aliphatic hydroxyl groups is 1. The van der Waals surface area contributed by atoms with E-state index in [1.54, 1.807) is 18.3 Å². The van der Waals surface area contributed by atoms with Crippen LogP contribution in [0, 0.1) is 5.92 Å². The lowest BCUT2D eigenvalue weighted by atomic mass is 9.97. The summed E-state index contributed by atoms with van der Waals surface area (Å²) in [7, 11) is 0. The number of urea groups is 1.